The van der Waals surface area contributed by atoms with Gasteiger partial charge in [-0.1, -0.05) is 6.08 Å². The second kappa shape index (κ2) is 5.07. The van der Waals surface area contributed by atoms with Crippen molar-refractivity contribution in [2.45, 2.75) is 6.42 Å². The molecule has 0 spiro atoms. The number of hydrogen-bond donors (Lipinski definition) is 1. The van der Waals surface area contributed by atoms with Crippen LogP contribution in [0.4, 0.5) is 0 Å². The van der Waals surface area contributed by atoms with Crippen LogP contribution in [0.15, 0.2) is 12.7 Å². The molecule has 0 aliphatic carbocycles. The Morgan fingerprint density at radius 3 is 2.73 bits per heavy atom. The summed E-state index contributed by atoms with van der Waals surface area (Å²) in [6.07, 6.45) is 2.46. The van der Waals surface area contributed by atoms with Crippen molar-refractivity contribution < 1.29 is 8.42 Å². The van der Waals surface area contributed by atoms with Gasteiger partial charge in [-0.25, -0.2) is 0 Å². The highest BCUT2D eigenvalue weighted by molar-refractivity contribution is 7.86. The van der Waals surface area contributed by atoms with Gasteiger partial charge in [0.1, 0.15) is 0 Å². The van der Waals surface area contributed by atoms with E-state index in [1.165, 1.54) is 8.61 Å². The first-order valence-electron chi connectivity index (χ1n) is 5.04. The zero-order valence-electron chi connectivity index (χ0n) is 9.09. The quantitative estimate of drug-likeness (QED) is 0.674. The summed E-state index contributed by atoms with van der Waals surface area (Å²) in [6.45, 7) is 5.65. The van der Waals surface area contributed by atoms with Crippen molar-refractivity contribution in [3.05, 3.63) is 12.7 Å². The zero-order valence-corrected chi connectivity index (χ0v) is 9.91. The maximum absolute atomic E-state index is 11.8. The van der Waals surface area contributed by atoms with E-state index in [9.17, 15) is 8.42 Å². The molecule has 1 rings (SSSR count). The number of hydrogen-bond acceptors (Lipinski definition) is 3. The first-order valence-corrected chi connectivity index (χ1v) is 6.44. The summed E-state index contributed by atoms with van der Waals surface area (Å²) in [7, 11) is -1.66. The molecule has 5 nitrogen and oxygen atoms in total. The van der Waals surface area contributed by atoms with Crippen molar-refractivity contribution in [2.24, 2.45) is 11.7 Å². The fourth-order valence-corrected chi connectivity index (χ4v) is 3.31. The van der Waals surface area contributed by atoms with E-state index in [1.807, 2.05) is 0 Å². The van der Waals surface area contributed by atoms with E-state index in [0.717, 1.165) is 6.42 Å². The molecule has 15 heavy (non-hydrogen) atoms. The lowest BCUT2D eigenvalue weighted by Crippen LogP contribution is -2.52. The Bertz CT molecular complexity index is 315. The lowest BCUT2D eigenvalue weighted by Gasteiger charge is -2.36. The van der Waals surface area contributed by atoms with Gasteiger partial charge in [0.2, 0.25) is 0 Å². The monoisotopic (exact) mass is 233 g/mol. The SMILES string of the molecule is C=CCN1CC(CCN)CN(C)S1(=O)=O. The summed E-state index contributed by atoms with van der Waals surface area (Å²) >= 11 is 0. The number of nitrogens with two attached hydrogens (primary N) is 1. The minimum absolute atomic E-state index is 0.323. The van der Waals surface area contributed by atoms with Crippen LogP contribution in [0.3, 0.4) is 0 Å². The van der Waals surface area contributed by atoms with Gasteiger partial charge in [0.05, 0.1) is 0 Å². The Hall–Kier alpha value is -0.430. The molecule has 0 aromatic carbocycles. The smallest absolute Gasteiger partial charge is 0.282 e. The van der Waals surface area contributed by atoms with Crippen LogP contribution in [0.2, 0.25) is 0 Å². The molecule has 1 aliphatic heterocycles. The Morgan fingerprint density at radius 1 is 1.53 bits per heavy atom. The van der Waals surface area contributed by atoms with Crippen molar-refractivity contribution in [1.82, 2.24) is 8.61 Å². The zero-order chi connectivity index (χ0) is 11.5. The summed E-state index contributed by atoms with van der Waals surface area (Å²) in [6, 6.07) is 0. The molecule has 0 saturated carbocycles. The predicted octanol–water partition coefficient (Wildman–Crippen LogP) is -0.370. The molecule has 1 aliphatic rings. The molecule has 1 fully saturated rings. The van der Waals surface area contributed by atoms with Crippen LogP contribution in [-0.4, -0.2) is 50.3 Å². The molecule has 0 bridgehead atoms. The van der Waals surface area contributed by atoms with E-state index in [4.69, 9.17) is 5.73 Å². The van der Waals surface area contributed by atoms with Crippen LogP contribution in [0.25, 0.3) is 0 Å². The largest absolute Gasteiger partial charge is 0.330 e. The number of nitrogens with zero attached hydrogens (tertiary/aromatic N) is 2. The lowest BCUT2D eigenvalue weighted by molar-refractivity contribution is 0.246. The molecule has 0 aromatic rings. The lowest BCUT2D eigenvalue weighted by atomic mass is 10.1. The van der Waals surface area contributed by atoms with Gasteiger partial charge in [-0.15, -0.1) is 6.58 Å². The van der Waals surface area contributed by atoms with Gasteiger partial charge in [0, 0.05) is 26.7 Å². The van der Waals surface area contributed by atoms with Gasteiger partial charge >= 0.3 is 0 Å². The van der Waals surface area contributed by atoms with Crippen molar-refractivity contribution in [3.8, 4) is 0 Å². The molecule has 0 amide bonds. The third-order valence-electron chi connectivity index (χ3n) is 2.60. The van der Waals surface area contributed by atoms with E-state index in [0.29, 0.717) is 32.1 Å². The minimum atomic E-state index is -3.26. The van der Waals surface area contributed by atoms with Crippen molar-refractivity contribution >= 4 is 10.2 Å². The van der Waals surface area contributed by atoms with E-state index in [2.05, 4.69) is 6.58 Å². The van der Waals surface area contributed by atoms with Gasteiger partial charge in [0.25, 0.3) is 10.2 Å². The third kappa shape index (κ3) is 2.78. The molecule has 1 unspecified atom stereocenters. The van der Waals surface area contributed by atoms with Crippen molar-refractivity contribution in [3.63, 3.8) is 0 Å². The molecule has 1 saturated heterocycles. The topological polar surface area (TPSA) is 66.6 Å². The first-order chi connectivity index (χ1) is 7.02. The molecule has 1 heterocycles. The fraction of sp³-hybridized carbons (Fsp3) is 0.778. The Morgan fingerprint density at radius 2 is 2.20 bits per heavy atom. The third-order valence-corrected chi connectivity index (χ3v) is 4.49. The van der Waals surface area contributed by atoms with Gasteiger partial charge in [-0.3, -0.25) is 0 Å². The average Bonchev–Trinajstić information content (AvgIpc) is 2.15. The number of rotatable bonds is 4. The highest BCUT2D eigenvalue weighted by Gasteiger charge is 2.34. The van der Waals surface area contributed by atoms with Crippen LogP contribution in [0.1, 0.15) is 6.42 Å². The summed E-state index contributed by atoms with van der Waals surface area (Å²) in [5.41, 5.74) is 5.49. The maximum Gasteiger partial charge on any atom is 0.282 e. The summed E-state index contributed by atoms with van der Waals surface area (Å²) in [5.74, 6) is 0.323. The van der Waals surface area contributed by atoms with Crippen molar-refractivity contribution in [1.29, 1.82) is 0 Å². The average molecular weight is 233 g/mol. The van der Waals surface area contributed by atoms with E-state index in [1.54, 1.807) is 13.1 Å². The highest BCUT2D eigenvalue weighted by Crippen LogP contribution is 2.20. The van der Waals surface area contributed by atoms with Gasteiger partial charge in [-0.2, -0.15) is 17.0 Å². The van der Waals surface area contributed by atoms with E-state index in [-0.39, 0.29) is 0 Å². The standard InChI is InChI=1S/C9H19N3O2S/c1-3-6-12-8-9(4-5-10)7-11(2)15(12,13)14/h3,9H,1,4-8,10H2,2H3. The van der Waals surface area contributed by atoms with Crippen LogP contribution in [0, 0.1) is 5.92 Å². The molecule has 1 atom stereocenters. The Balaban J connectivity index is 2.77. The fourth-order valence-electron chi connectivity index (χ4n) is 1.83. The summed E-state index contributed by atoms with van der Waals surface area (Å²) in [4.78, 5) is 0. The van der Waals surface area contributed by atoms with Crippen LogP contribution >= 0.6 is 0 Å². The van der Waals surface area contributed by atoms with Gasteiger partial charge in [-0.05, 0) is 18.9 Å². The second-order valence-electron chi connectivity index (χ2n) is 3.84. The molecular weight excluding hydrogens is 214 g/mol. The van der Waals surface area contributed by atoms with Gasteiger partial charge in [0.15, 0.2) is 0 Å². The van der Waals surface area contributed by atoms with Crippen LogP contribution < -0.4 is 5.73 Å². The van der Waals surface area contributed by atoms with E-state index >= 15 is 0 Å². The molecule has 2 N–H and O–H groups in total. The minimum Gasteiger partial charge on any atom is -0.330 e. The first kappa shape index (κ1) is 12.6. The highest BCUT2D eigenvalue weighted by atomic mass is 32.2. The Kier molecular flexibility index (Phi) is 4.27. The van der Waals surface area contributed by atoms with Crippen LogP contribution in [0.5, 0.6) is 0 Å². The summed E-state index contributed by atoms with van der Waals surface area (Å²) in [5, 5.41) is 0. The van der Waals surface area contributed by atoms with E-state index < -0.39 is 10.2 Å². The normalized spacial score (nSPS) is 27.7. The predicted molar refractivity (Wildman–Crippen MR) is 60.5 cm³/mol. The summed E-state index contributed by atoms with van der Waals surface area (Å²) < 4.78 is 26.5. The maximum atomic E-state index is 11.8. The molecule has 88 valence electrons. The molecule has 0 aromatic heterocycles. The molecular formula is C9H19N3O2S. The Labute approximate surface area is 91.7 Å². The molecule has 0 radical (unpaired) electrons. The van der Waals surface area contributed by atoms with Crippen LogP contribution in [-0.2, 0) is 10.2 Å². The van der Waals surface area contributed by atoms with Crippen molar-refractivity contribution in [2.75, 3.05) is 33.2 Å². The molecule has 6 heteroatoms. The van der Waals surface area contributed by atoms with Gasteiger partial charge < -0.3 is 5.73 Å². The second-order valence-corrected chi connectivity index (χ2v) is 5.87.